The third-order valence-electron chi connectivity index (χ3n) is 4.13. The predicted octanol–water partition coefficient (Wildman–Crippen LogP) is 4.84. The number of anilines is 1. The van der Waals surface area contributed by atoms with E-state index in [9.17, 15) is 4.39 Å². The topological polar surface area (TPSA) is 46.9 Å². The van der Waals surface area contributed by atoms with Crippen molar-refractivity contribution in [3.8, 4) is 11.5 Å². The lowest BCUT2D eigenvalue weighted by Crippen LogP contribution is -2.33. The molecule has 3 rings (SSSR count). The summed E-state index contributed by atoms with van der Waals surface area (Å²) in [4.78, 5) is 1.96. The van der Waals surface area contributed by atoms with Crippen LogP contribution in [0.15, 0.2) is 65.3 Å². The number of hydrogen-bond acceptors (Lipinski definition) is 4. The van der Waals surface area contributed by atoms with E-state index in [0.717, 1.165) is 11.3 Å². The van der Waals surface area contributed by atoms with Crippen LogP contribution in [0.5, 0.6) is 11.5 Å². The summed E-state index contributed by atoms with van der Waals surface area (Å²) in [5.41, 5.74) is 1.70. The van der Waals surface area contributed by atoms with Gasteiger partial charge in [-0.15, -0.1) is 0 Å². The first-order valence-electron chi connectivity index (χ1n) is 8.64. The monoisotopic (exact) mass is 400 g/mol. The van der Waals surface area contributed by atoms with Gasteiger partial charge in [-0.1, -0.05) is 6.07 Å². The molecular formula is C21H21FN2O3S. The Balaban J connectivity index is 1.80. The quantitative estimate of drug-likeness (QED) is 0.573. The molecule has 0 aliphatic carbocycles. The number of nitrogens with one attached hydrogen (secondary N) is 1. The summed E-state index contributed by atoms with van der Waals surface area (Å²) in [5, 5.41) is 3.64. The summed E-state index contributed by atoms with van der Waals surface area (Å²) < 4.78 is 29.3. The van der Waals surface area contributed by atoms with Crippen LogP contribution in [0.4, 0.5) is 10.1 Å². The Hall–Kier alpha value is -3.06. The molecule has 7 heteroatoms. The van der Waals surface area contributed by atoms with Crippen LogP contribution in [-0.2, 0) is 13.1 Å². The van der Waals surface area contributed by atoms with Crippen molar-refractivity contribution in [3.63, 3.8) is 0 Å². The first kappa shape index (κ1) is 19.7. The van der Waals surface area contributed by atoms with E-state index in [1.807, 2.05) is 35.2 Å². The Kier molecular flexibility index (Phi) is 6.49. The van der Waals surface area contributed by atoms with Crippen molar-refractivity contribution in [1.29, 1.82) is 0 Å². The van der Waals surface area contributed by atoms with Gasteiger partial charge >= 0.3 is 0 Å². The maximum absolute atomic E-state index is 13.1. The Morgan fingerprint density at radius 1 is 1.04 bits per heavy atom. The normalized spacial score (nSPS) is 10.4. The van der Waals surface area contributed by atoms with E-state index in [4.69, 9.17) is 26.1 Å². The van der Waals surface area contributed by atoms with Gasteiger partial charge in [-0.2, -0.15) is 0 Å². The van der Waals surface area contributed by atoms with Gasteiger partial charge in [-0.25, -0.2) is 4.39 Å². The van der Waals surface area contributed by atoms with Gasteiger partial charge in [0, 0.05) is 12.2 Å². The number of nitrogens with zero attached hydrogens (tertiary/aromatic N) is 1. The van der Waals surface area contributed by atoms with Gasteiger partial charge in [0.25, 0.3) is 0 Å². The molecule has 0 bridgehead atoms. The Labute approximate surface area is 168 Å². The smallest absolute Gasteiger partial charge is 0.174 e. The lowest BCUT2D eigenvalue weighted by molar-refractivity contribution is 0.348. The van der Waals surface area contributed by atoms with Crippen LogP contribution in [0.25, 0.3) is 0 Å². The van der Waals surface area contributed by atoms with Gasteiger partial charge < -0.3 is 24.1 Å². The molecule has 0 radical (unpaired) electrons. The molecule has 0 unspecified atom stereocenters. The molecule has 28 heavy (non-hydrogen) atoms. The van der Waals surface area contributed by atoms with E-state index < -0.39 is 0 Å². The zero-order valence-electron chi connectivity index (χ0n) is 15.6. The number of benzene rings is 2. The number of halogens is 1. The molecule has 1 N–H and O–H groups in total. The number of furan rings is 1. The van der Waals surface area contributed by atoms with E-state index in [2.05, 4.69) is 5.32 Å². The zero-order valence-corrected chi connectivity index (χ0v) is 16.5. The maximum Gasteiger partial charge on any atom is 0.174 e. The van der Waals surface area contributed by atoms with Gasteiger partial charge in [0.15, 0.2) is 16.6 Å². The third kappa shape index (κ3) is 5.01. The molecule has 0 spiro atoms. The van der Waals surface area contributed by atoms with Crippen LogP contribution in [0.2, 0.25) is 0 Å². The summed E-state index contributed by atoms with van der Waals surface area (Å²) in [6.07, 6.45) is 1.63. The van der Waals surface area contributed by atoms with E-state index >= 15 is 0 Å². The van der Waals surface area contributed by atoms with E-state index in [1.165, 1.54) is 12.1 Å². The molecule has 1 heterocycles. The number of methoxy groups -OCH3 is 2. The largest absolute Gasteiger partial charge is 0.493 e. The number of ether oxygens (including phenoxy) is 2. The average Bonchev–Trinajstić information content (AvgIpc) is 3.22. The third-order valence-corrected chi connectivity index (χ3v) is 4.49. The maximum atomic E-state index is 13.1. The number of rotatable bonds is 7. The minimum atomic E-state index is -0.297. The standard InChI is InChI=1S/C21H21FN2O3S/c1-25-19-10-5-15(12-20(19)26-2)13-24(14-18-4-3-11-27-18)21(28)23-17-8-6-16(22)7-9-17/h3-12H,13-14H2,1-2H3,(H,23,28). The summed E-state index contributed by atoms with van der Waals surface area (Å²) in [7, 11) is 3.20. The molecule has 5 nitrogen and oxygen atoms in total. The van der Waals surface area contributed by atoms with Crippen molar-refractivity contribution >= 4 is 23.0 Å². The van der Waals surface area contributed by atoms with Gasteiger partial charge in [-0.3, -0.25) is 0 Å². The molecule has 0 saturated heterocycles. The van der Waals surface area contributed by atoms with Crippen LogP contribution >= 0.6 is 12.2 Å². The lowest BCUT2D eigenvalue weighted by atomic mass is 10.2. The molecule has 0 aliphatic heterocycles. The number of hydrogen-bond donors (Lipinski definition) is 1. The predicted molar refractivity (Wildman–Crippen MR) is 110 cm³/mol. The highest BCUT2D eigenvalue weighted by Crippen LogP contribution is 2.28. The van der Waals surface area contributed by atoms with E-state index in [-0.39, 0.29) is 5.82 Å². The molecule has 0 amide bonds. The van der Waals surface area contributed by atoms with Gasteiger partial charge in [0.05, 0.1) is 27.0 Å². The molecule has 146 valence electrons. The molecule has 0 atom stereocenters. The lowest BCUT2D eigenvalue weighted by Gasteiger charge is -2.25. The summed E-state index contributed by atoms with van der Waals surface area (Å²) in [6.45, 7) is 1.00. The van der Waals surface area contributed by atoms with Gasteiger partial charge in [0.1, 0.15) is 11.6 Å². The zero-order chi connectivity index (χ0) is 19.9. The molecule has 0 fully saturated rings. The highest BCUT2D eigenvalue weighted by Gasteiger charge is 2.15. The molecule has 0 aliphatic rings. The van der Waals surface area contributed by atoms with Crippen LogP contribution in [0.1, 0.15) is 11.3 Å². The van der Waals surface area contributed by atoms with Crippen molar-refractivity contribution in [2.24, 2.45) is 0 Å². The SMILES string of the molecule is COc1ccc(CN(Cc2ccco2)C(=S)Nc2ccc(F)cc2)cc1OC. The fourth-order valence-corrected chi connectivity index (χ4v) is 2.97. The van der Waals surface area contributed by atoms with Crippen molar-refractivity contribution < 1.29 is 18.3 Å². The highest BCUT2D eigenvalue weighted by atomic mass is 32.1. The van der Waals surface area contributed by atoms with Gasteiger partial charge in [0.2, 0.25) is 0 Å². The molecule has 3 aromatic rings. The Morgan fingerprint density at radius 2 is 1.79 bits per heavy atom. The summed E-state index contributed by atoms with van der Waals surface area (Å²) in [5.74, 6) is 1.80. The fraction of sp³-hybridized carbons (Fsp3) is 0.190. The second kappa shape index (κ2) is 9.23. The van der Waals surface area contributed by atoms with Crippen molar-refractivity contribution in [2.75, 3.05) is 19.5 Å². The van der Waals surface area contributed by atoms with Crippen LogP contribution < -0.4 is 14.8 Å². The molecular weight excluding hydrogens is 379 g/mol. The van der Waals surface area contributed by atoms with Crippen LogP contribution in [0.3, 0.4) is 0 Å². The first-order valence-corrected chi connectivity index (χ1v) is 9.04. The van der Waals surface area contributed by atoms with Crippen LogP contribution in [0, 0.1) is 5.82 Å². The highest BCUT2D eigenvalue weighted by molar-refractivity contribution is 7.80. The second-order valence-electron chi connectivity index (χ2n) is 6.06. The first-order chi connectivity index (χ1) is 13.6. The van der Waals surface area contributed by atoms with E-state index in [1.54, 1.807) is 32.6 Å². The van der Waals surface area contributed by atoms with Crippen molar-refractivity contribution in [3.05, 3.63) is 78.0 Å². The van der Waals surface area contributed by atoms with Crippen molar-refractivity contribution in [2.45, 2.75) is 13.1 Å². The Bertz CT molecular complexity index is 914. The average molecular weight is 400 g/mol. The van der Waals surface area contributed by atoms with Crippen molar-refractivity contribution in [1.82, 2.24) is 4.90 Å². The summed E-state index contributed by atoms with van der Waals surface area (Å²) in [6, 6.07) is 15.5. The molecule has 2 aromatic carbocycles. The fourth-order valence-electron chi connectivity index (χ4n) is 2.73. The molecule has 0 saturated carbocycles. The minimum Gasteiger partial charge on any atom is -0.493 e. The Morgan fingerprint density at radius 3 is 2.43 bits per heavy atom. The molecule has 1 aromatic heterocycles. The van der Waals surface area contributed by atoms with Crippen LogP contribution in [-0.4, -0.2) is 24.2 Å². The second-order valence-corrected chi connectivity index (χ2v) is 6.45. The van der Waals surface area contributed by atoms with Gasteiger partial charge in [-0.05, 0) is 66.3 Å². The van der Waals surface area contributed by atoms with E-state index in [0.29, 0.717) is 35.4 Å². The number of thiocarbonyl (C=S) groups is 1. The summed E-state index contributed by atoms with van der Waals surface area (Å²) >= 11 is 5.60. The minimum absolute atomic E-state index is 0.297.